The van der Waals surface area contributed by atoms with Crippen LogP contribution in [0.25, 0.3) is 0 Å². The lowest BCUT2D eigenvalue weighted by Gasteiger charge is -2.34. The molecule has 0 saturated heterocycles. The molecule has 0 saturated carbocycles. The maximum atomic E-state index is 13.1. The minimum atomic E-state index is -0.429. The second kappa shape index (κ2) is 11.0. The van der Waals surface area contributed by atoms with Gasteiger partial charge < -0.3 is 24.3 Å². The van der Waals surface area contributed by atoms with E-state index in [4.69, 9.17) is 9.15 Å². The molecule has 3 rings (SSSR count). The Kier molecular flexibility index (Phi) is 8.06. The molecule has 176 valence electrons. The average Bonchev–Trinajstić information content (AvgIpc) is 3.25. The van der Waals surface area contributed by atoms with Crippen LogP contribution in [0.2, 0.25) is 0 Å². The SMILES string of the molecule is CCOC(=O)C1=C(C)N(Cc2ccc(C(=O)NCCN(C)C)o2)C(=O)CC1c1ccccc1. The zero-order valence-corrected chi connectivity index (χ0v) is 19.6. The van der Waals surface area contributed by atoms with E-state index in [9.17, 15) is 14.4 Å². The van der Waals surface area contributed by atoms with Gasteiger partial charge in [0.2, 0.25) is 5.91 Å². The predicted molar refractivity (Wildman–Crippen MR) is 123 cm³/mol. The number of hydrogen-bond donors (Lipinski definition) is 1. The molecule has 8 nitrogen and oxygen atoms in total. The Balaban J connectivity index is 1.82. The molecule has 2 aromatic rings. The molecule has 0 aliphatic carbocycles. The van der Waals surface area contributed by atoms with Crippen molar-refractivity contribution >= 4 is 17.8 Å². The highest BCUT2D eigenvalue weighted by Gasteiger charge is 2.37. The summed E-state index contributed by atoms with van der Waals surface area (Å²) in [6, 6.07) is 12.8. The maximum Gasteiger partial charge on any atom is 0.336 e. The summed E-state index contributed by atoms with van der Waals surface area (Å²) in [7, 11) is 3.85. The normalized spacial score (nSPS) is 16.3. The van der Waals surface area contributed by atoms with E-state index in [1.165, 1.54) is 4.90 Å². The molecule has 1 aliphatic heterocycles. The number of nitrogens with one attached hydrogen (secondary N) is 1. The number of benzene rings is 1. The van der Waals surface area contributed by atoms with E-state index >= 15 is 0 Å². The van der Waals surface area contributed by atoms with E-state index in [2.05, 4.69) is 5.32 Å². The first-order chi connectivity index (χ1) is 15.8. The van der Waals surface area contributed by atoms with Gasteiger partial charge in [-0.1, -0.05) is 30.3 Å². The molecule has 0 spiro atoms. The topological polar surface area (TPSA) is 92.1 Å². The molecule has 2 amide bonds. The molecule has 1 N–H and O–H groups in total. The van der Waals surface area contributed by atoms with Gasteiger partial charge in [-0.25, -0.2) is 4.79 Å². The Hall–Kier alpha value is -3.39. The molecular weight excluding hydrogens is 422 g/mol. The van der Waals surface area contributed by atoms with E-state index in [0.717, 1.165) is 5.56 Å². The first kappa shape index (κ1) is 24.3. The van der Waals surface area contributed by atoms with Crippen molar-refractivity contribution < 1.29 is 23.5 Å². The van der Waals surface area contributed by atoms with Crippen molar-refractivity contribution in [1.29, 1.82) is 0 Å². The largest absolute Gasteiger partial charge is 0.463 e. The summed E-state index contributed by atoms with van der Waals surface area (Å²) >= 11 is 0. The quantitative estimate of drug-likeness (QED) is 0.587. The van der Waals surface area contributed by atoms with E-state index in [0.29, 0.717) is 30.1 Å². The molecule has 33 heavy (non-hydrogen) atoms. The second-order valence-corrected chi connectivity index (χ2v) is 8.19. The third kappa shape index (κ3) is 5.90. The van der Waals surface area contributed by atoms with Gasteiger partial charge in [0, 0.05) is 31.1 Å². The highest BCUT2D eigenvalue weighted by molar-refractivity contribution is 5.96. The zero-order valence-electron chi connectivity index (χ0n) is 19.6. The predicted octanol–water partition coefficient (Wildman–Crippen LogP) is 2.92. The number of likely N-dealkylation sites (N-methyl/N-ethyl adjacent to an activating group) is 1. The van der Waals surface area contributed by atoms with Crippen molar-refractivity contribution in [2.45, 2.75) is 32.7 Å². The van der Waals surface area contributed by atoms with E-state index in [1.807, 2.05) is 49.3 Å². The molecule has 1 aromatic carbocycles. The number of furan rings is 1. The standard InChI is InChI=1S/C25H31N3O5/c1-5-32-25(31)23-17(2)28(22(29)15-20(23)18-9-7-6-8-10-18)16-19-11-12-21(33-19)24(30)26-13-14-27(3)4/h6-12,20H,5,13-16H2,1-4H3,(H,26,30). The second-order valence-electron chi connectivity index (χ2n) is 8.19. The van der Waals surface area contributed by atoms with Gasteiger partial charge in [0.25, 0.3) is 5.91 Å². The lowest BCUT2D eigenvalue weighted by atomic mass is 9.83. The number of amides is 2. The molecule has 2 heterocycles. The van der Waals surface area contributed by atoms with Crippen molar-refractivity contribution in [3.63, 3.8) is 0 Å². The molecule has 1 atom stereocenters. The molecule has 1 unspecified atom stereocenters. The molecule has 0 radical (unpaired) electrons. The van der Waals surface area contributed by atoms with Crippen LogP contribution >= 0.6 is 0 Å². The van der Waals surface area contributed by atoms with Crippen LogP contribution in [0.1, 0.15) is 48.1 Å². The minimum absolute atomic E-state index is 0.122. The average molecular weight is 454 g/mol. The summed E-state index contributed by atoms with van der Waals surface area (Å²) in [6.07, 6.45) is 0.147. The van der Waals surface area contributed by atoms with Crippen LogP contribution in [-0.4, -0.2) is 61.4 Å². The van der Waals surface area contributed by atoms with Gasteiger partial charge in [0.15, 0.2) is 5.76 Å². The fourth-order valence-corrected chi connectivity index (χ4v) is 3.87. The number of carbonyl (C=O) groups is 3. The van der Waals surface area contributed by atoms with Gasteiger partial charge in [-0.3, -0.25) is 9.59 Å². The van der Waals surface area contributed by atoms with Crippen molar-refractivity contribution in [1.82, 2.24) is 15.1 Å². The number of carbonyl (C=O) groups excluding carboxylic acids is 3. The van der Waals surface area contributed by atoms with Crippen LogP contribution < -0.4 is 5.32 Å². The number of allylic oxidation sites excluding steroid dienone is 1. The van der Waals surface area contributed by atoms with Gasteiger partial charge in [-0.15, -0.1) is 0 Å². The van der Waals surface area contributed by atoms with Gasteiger partial charge in [-0.2, -0.15) is 0 Å². The first-order valence-electron chi connectivity index (χ1n) is 11.1. The third-order valence-electron chi connectivity index (χ3n) is 5.56. The highest BCUT2D eigenvalue weighted by atomic mass is 16.5. The Morgan fingerprint density at radius 2 is 1.91 bits per heavy atom. The number of rotatable bonds is 9. The van der Waals surface area contributed by atoms with Crippen molar-refractivity contribution in [2.75, 3.05) is 33.8 Å². The smallest absolute Gasteiger partial charge is 0.336 e. The third-order valence-corrected chi connectivity index (χ3v) is 5.56. The summed E-state index contributed by atoms with van der Waals surface area (Å²) in [5, 5.41) is 2.80. The molecule has 0 bridgehead atoms. The Morgan fingerprint density at radius 1 is 1.18 bits per heavy atom. The minimum Gasteiger partial charge on any atom is -0.463 e. The Morgan fingerprint density at radius 3 is 2.58 bits per heavy atom. The van der Waals surface area contributed by atoms with Crippen LogP contribution in [0.5, 0.6) is 0 Å². The van der Waals surface area contributed by atoms with Crippen LogP contribution in [0.4, 0.5) is 0 Å². The van der Waals surface area contributed by atoms with Gasteiger partial charge in [0.1, 0.15) is 5.76 Å². The van der Waals surface area contributed by atoms with Crippen LogP contribution in [0.15, 0.2) is 58.2 Å². The molecule has 8 heteroatoms. The van der Waals surface area contributed by atoms with Crippen LogP contribution in [0, 0.1) is 0 Å². The highest BCUT2D eigenvalue weighted by Crippen LogP contribution is 2.37. The van der Waals surface area contributed by atoms with Crippen molar-refractivity contribution in [3.8, 4) is 0 Å². The van der Waals surface area contributed by atoms with E-state index < -0.39 is 5.97 Å². The fourth-order valence-electron chi connectivity index (χ4n) is 3.87. The fraction of sp³-hybridized carbons (Fsp3) is 0.400. The Labute approximate surface area is 194 Å². The lowest BCUT2D eigenvalue weighted by molar-refractivity contribution is -0.140. The lowest BCUT2D eigenvalue weighted by Crippen LogP contribution is -2.38. The summed E-state index contributed by atoms with van der Waals surface area (Å²) in [5.41, 5.74) is 1.89. The van der Waals surface area contributed by atoms with E-state index in [1.54, 1.807) is 26.0 Å². The van der Waals surface area contributed by atoms with Crippen LogP contribution in [0.3, 0.4) is 0 Å². The van der Waals surface area contributed by atoms with Crippen molar-refractivity contribution in [2.24, 2.45) is 0 Å². The Bertz CT molecular complexity index is 1030. The molecule has 1 aliphatic rings. The van der Waals surface area contributed by atoms with Gasteiger partial charge in [-0.05, 0) is 45.6 Å². The summed E-state index contributed by atoms with van der Waals surface area (Å²) in [6.45, 7) is 5.08. The summed E-state index contributed by atoms with van der Waals surface area (Å²) in [4.78, 5) is 41.7. The molecule has 0 fully saturated rings. The zero-order chi connectivity index (χ0) is 24.0. The monoisotopic (exact) mass is 453 g/mol. The van der Waals surface area contributed by atoms with Crippen LogP contribution in [-0.2, 0) is 20.9 Å². The first-order valence-corrected chi connectivity index (χ1v) is 11.1. The maximum absolute atomic E-state index is 13.1. The number of ether oxygens (including phenoxy) is 1. The van der Waals surface area contributed by atoms with E-state index in [-0.39, 0.29) is 43.1 Å². The van der Waals surface area contributed by atoms with Gasteiger partial charge in [0.05, 0.1) is 18.7 Å². The van der Waals surface area contributed by atoms with Crippen molar-refractivity contribution in [3.05, 3.63) is 70.8 Å². The van der Waals surface area contributed by atoms with Gasteiger partial charge >= 0.3 is 5.97 Å². The number of nitrogens with zero attached hydrogens (tertiary/aromatic N) is 2. The molecule has 1 aromatic heterocycles. The summed E-state index contributed by atoms with van der Waals surface area (Å²) < 4.78 is 11.0. The summed E-state index contributed by atoms with van der Waals surface area (Å²) in [5.74, 6) is -0.589. The molecular formula is C25H31N3O5. The number of esters is 1. The number of hydrogen-bond acceptors (Lipinski definition) is 6.